The molecule has 0 bridgehead atoms. The first kappa shape index (κ1) is 22.8. The second-order valence-electron chi connectivity index (χ2n) is 9.26. The number of nitrogens with zero attached hydrogens (tertiary/aromatic N) is 6. The third-order valence-corrected chi connectivity index (χ3v) is 6.64. The molecule has 0 saturated heterocycles. The minimum atomic E-state index is -0.346. The number of fused-ring (bicyclic) bond motifs is 4. The number of nitrogens with one attached hydrogen (secondary N) is 1. The van der Waals surface area contributed by atoms with E-state index < -0.39 is 0 Å². The molecule has 0 radical (unpaired) electrons. The van der Waals surface area contributed by atoms with Gasteiger partial charge in [0.2, 0.25) is 5.95 Å². The Morgan fingerprint density at radius 3 is 2.86 bits per heavy atom. The van der Waals surface area contributed by atoms with Crippen molar-refractivity contribution in [3.8, 4) is 5.75 Å². The fourth-order valence-corrected chi connectivity index (χ4v) is 4.84. The van der Waals surface area contributed by atoms with Crippen LogP contribution in [0.2, 0.25) is 0 Å². The van der Waals surface area contributed by atoms with Crippen LogP contribution >= 0.6 is 0 Å². The highest BCUT2D eigenvalue weighted by Gasteiger charge is 2.26. The van der Waals surface area contributed by atoms with Crippen molar-refractivity contribution in [1.29, 1.82) is 0 Å². The number of benzene rings is 2. The minimum absolute atomic E-state index is 0.139. The molecule has 0 fully saturated rings. The Morgan fingerprint density at radius 2 is 2.05 bits per heavy atom. The van der Waals surface area contributed by atoms with Crippen molar-refractivity contribution in [3.05, 3.63) is 76.5 Å². The average molecular weight is 501 g/mol. The molecule has 1 aliphatic heterocycles. The van der Waals surface area contributed by atoms with Gasteiger partial charge in [-0.1, -0.05) is 30.3 Å². The van der Waals surface area contributed by atoms with E-state index in [0.717, 1.165) is 11.3 Å². The highest BCUT2D eigenvalue weighted by molar-refractivity contribution is 6.05. The Bertz CT molecular complexity index is 1680. The van der Waals surface area contributed by atoms with Crippen LogP contribution in [-0.4, -0.2) is 58.0 Å². The second-order valence-corrected chi connectivity index (χ2v) is 9.26. The topological polar surface area (TPSA) is 118 Å². The fraction of sp³-hybridized carbons (Fsp3) is 0.231. The number of anilines is 3. The van der Waals surface area contributed by atoms with Crippen molar-refractivity contribution in [3.63, 3.8) is 0 Å². The van der Waals surface area contributed by atoms with Crippen molar-refractivity contribution >= 4 is 39.4 Å². The maximum absolute atomic E-state index is 13.8. The third kappa shape index (κ3) is 3.98. The smallest absolute Gasteiger partial charge is 0.265 e. The molecule has 188 valence electrons. The van der Waals surface area contributed by atoms with E-state index in [1.165, 1.54) is 12.1 Å². The lowest BCUT2D eigenvalue weighted by Crippen LogP contribution is -2.44. The summed E-state index contributed by atoms with van der Waals surface area (Å²) >= 11 is 0. The molecule has 0 spiro atoms. The van der Waals surface area contributed by atoms with Crippen molar-refractivity contribution in [1.82, 2.24) is 24.7 Å². The Labute approximate surface area is 211 Å². The second kappa shape index (κ2) is 8.77. The van der Waals surface area contributed by atoms with E-state index in [-0.39, 0.29) is 23.3 Å². The number of nitrogen functional groups attached to an aromatic ring is 1. The van der Waals surface area contributed by atoms with E-state index in [1.807, 2.05) is 54.2 Å². The van der Waals surface area contributed by atoms with Gasteiger partial charge in [0, 0.05) is 26.4 Å². The zero-order chi connectivity index (χ0) is 25.7. The number of aromatic nitrogens is 5. The summed E-state index contributed by atoms with van der Waals surface area (Å²) in [6.07, 6.45) is 1.43. The summed E-state index contributed by atoms with van der Waals surface area (Å²) in [5.41, 5.74) is 8.51. The molecule has 5 aromatic rings. The lowest BCUT2D eigenvalue weighted by molar-refractivity contribution is 0.201. The van der Waals surface area contributed by atoms with Gasteiger partial charge in [0.25, 0.3) is 5.56 Å². The summed E-state index contributed by atoms with van der Waals surface area (Å²) in [7, 11) is 3.81. The Hall–Kier alpha value is -4.67. The lowest BCUT2D eigenvalue weighted by atomic mass is 10.2. The van der Waals surface area contributed by atoms with Crippen LogP contribution in [0.1, 0.15) is 5.56 Å². The molecule has 0 unspecified atom stereocenters. The molecule has 0 aliphatic carbocycles. The maximum atomic E-state index is 13.8. The standard InChI is InChI=1S/C26H25FN8O2/c1-33-13-17(37-20-10-16(27)8-9-19(20)33)14-34(2)26-29-11-18-22-21(23(28)32-31-22)25(36)35(24(18)30-26)12-15-6-4-3-5-7-15/h3-11,17H,12-14H2,1-2H3,(H3,28,31,32)/t17-/m1/s1. The van der Waals surface area contributed by atoms with Gasteiger partial charge in [-0.2, -0.15) is 10.1 Å². The van der Waals surface area contributed by atoms with E-state index in [2.05, 4.69) is 15.2 Å². The van der Waals surface area contributed by atoms with Gasteiger partial charge in [-0.15, -0.1) is 0 Å². The largest absolute Gasteiger partial charge is 0.484 e. The molecule has 3 N–H and O–H groups in total. The molecule has 10 nitrogen and oxygen atoms in total. The van der Waals surface area contributed by atoms with Crippen LogP contribution in [-0.2, 0) is 6.54 Å². The number of aromatic amines is 1. The number of halogens is 1. The number of hydrogen-bond donors (Lipinski definition) is 2. The Balaban J connectivity index is 1.38. The first-order chi connectivity index (χ1) is 17.9. The van der Waals surface area contributed by atoms with Gasteiger partial charge >= 0.3 is 0 Å². The quantitative estimate of drug-likeness (QED) is 0.378. The van der Waals surface area contributed by atoms with Gasteiger partial charge in [0.1, 0.15) is 23.1 Å². The molecule has 0 saturated carbocycles. The molecule has 1 aliphatic rings. The summed E-state index contributed by atoms with van der Waals surface area (Å²) in [4.78, 5) is 26.8. The lowest BCUT2D eigenvalue weighted by Gasteiger charge is -2.35. The van der Waals surface area contributed by atoms with Crippen LogP contribution in [0.15, 0.2) is 59.5 Å². The summed E-state index contributed by atoms with van der Waals surface area (Å²) in [6, 6.07) is 14.2. The van der Waals surface area contributed by atoms with E-state index >= 15 is 0 Å². The van der Waals surface area contributed by atoms with Gasteiger partial charge < -0.3 is 20.3 Å². The van der Waals surface area contributed by atoms with Crippen LogP contribution in [0.4, 0.5) is 21.8 Å². The van der Waals surface area contributed by atoms with Gasteiger partial charge in [0.05, 0.1) is 36.2 Å². The normalized spacial score (nSPS) is 15.1. The zero-order valence-electron chi connectivity index (χ0n) is 20.3. The molecule has 6 rings (SSSR count). The van der Waals surface area contributed by atoms with Crippen LogP contribution in [0.3, 0.4) is 0 Å². The fourth-order valence-electron chi connectivity index (χ4n) is 4.84. The molecule has 0 amide bonds. The first-order valence-corrected chi connectivity index (χ1v) is 11.8. The van der Waals surface area contributed by atoms with Crippen molar-refractivity contribution in [2.24, 2.45) is 0 Å². The van der Waals surface area contributed by atoms with Crippen molar-refractivity contribution < 1.29 is 9.13 Å². The van der Waals surface area contributed by atoms with Crippen molar-refractivity contribution in [2.45, 2.75) is 12.6 Å². The monoisotopic (exact) mass is 500 g/mol. The van der Waals surface area contributed by atoms with E-state index in [4.69, 9.17) is 15.5 Å². The Morgan fingerprint density at radius 1 is 1.24 bits per heavy atom. The first-order valence-electron chi connectivity index (χ1n) is 11.8. The van der Waals surface area contributed by atoms with Crippen LogP contribution in [0.5, 0.6) is 5.75 Å². The SMILES string of the molecule is CN(C[C@H]1CN(C)c2ccc(F)cc2O1)c1ncc2c3[nH]nc(N)c3c(=O)n(Cc3ccccc3)c2n1. The van der Waals surface area contributed by atoms with E-state index in [1.54, 1.807) is 16.8 Å². The predicted molar refractivity (Wildman–Crippen MR) is 141 cm³/mol. The number of likely N-dealkylation sites (N-methyl/N-ethyl adjacent to an activating group) is 2. The minimum Gasteiger partial charge on any atom is -0.484 e. The van der Waals surface area contributed by atoms with Crippen LogP contribution in [0, 0.1) is 5.82 Å². The van der Waals surface area contributed by atoms with Crippen LogP contribution < -0.4 is 25.8 Å². The third-order valence-electron chi connectivity index (χ3n) is 6.64. The summed E-state index contributed by atoms with van der Waals surface area (Å²) in [6.45, 7) is 1.38. The summed E-state index contributed by atoms with van der Waals surface area (Å²) in [5, 5.41) is 7.87. The highest BCUT2D eigenvalue weighted by Crippen LogP contribution is 2.33. The summed E-state index contributed by atoms with van der Waals surface area (Å²) in [5.74, 6) is 0.723. The van der Waals surface area contributed by atoms with E-state index in [0.29, 0.717) is 53.3 Å². The van der Waals surface area contributed by atoms with Gasteiger partial charge in [-0.05, 0) is 17.7 Å². The number of hydrogen-bond acceptors (Lipinski definition) is 8. The molecule has 4 heterocycles. The number of pyridine rings is 1. The molecular formula is C26H25FN8O2. The molecule has 1 atom stereocenters. The van der Waals surface area contributed by atoms with Crippen molar-refractivity contribution in [2.75, 3.05) is 42.7 Å². The molecule has 11 heteroatoms. The highest BCUT2D eigenvalue weighted by atomic mass is 19.1. The Kier molecular flexibility index (Phi) is 5.40. The maximum Gasteiger partial charge on any atom is 0.265 e. The molecule has 2 aromatic carbocycles. The number of nitrogens with two attached hydrogens (primary N) is 1. The predicted octanol–water partition coefficient (Wildman–Crippen LogP) is 2.77. The summed E-state index contributed by atoms with van der Waals surface area (Å²) < 4.78 is 21.5. The number of ether oxygens (including phenoxy) is 1. The molecular weight excluding hydrogens is 475 g/mol. The van der Waals surface area contributed by atoms with E-state index in [9.17, 15) is 9.18 Å². The van der Waals surface area contributed by atoms with Gasteiger partial charge in [-0.3, -0.25) is 14.5 Å². The molecule has 3 aromatic heterocycles. The van der Waals surface area contributed by atoms with Gasteiger partial charge in [-0.25, -0.2) is 9.37 Å². The average Bonchev–Trinajstić information content (AvgIpc) is 3.28. The van der Waals surface area contributed by atoms with Gasteiger partial charge in [0.15, 0.2) is 11.5 Å². The number of H-pyrrole nitrogens is 1. The number of rotatable bonds is 5. The van der Waals surface area contributed by atoms with Crippen LogP contribution in [0.25, 0.3) is 21.9 Å². The molecule has 37 heavy (non-hydrogen) atoms. The zero-order valence-corrected chi connectivity index (χ0v) is 20.3.